The summed E-state index contributed by atoms with van der Waals surface area (Å²) in [7, 11) is 0. The van der Waals surface area contributed by atoms with Crippen LogP contribution in [0.2, 0.25) is 0 Å². The van der Waals surface area contributed by atoms with Gasteiger partial charge in [-0.25, -0.2) is 4.79 Å². The Bertz CT molecular complexity index is 483. The number of carboxylic acids is 1. The Labute approximate surface area is 117 Å². The van der Waals surface area contributed by atoms with E-state index in [0.29, 0.717) is 13.0 Å². The van der Waals surface area contributed by atoms with Crippen LogP contribution in [0.3, 0.4) is 0 Å². The highest BCUT2D eigenvalue weighted by Crippen LogP contribution is 2.19. The van der Waals surface area contributed by atoms with E-state index in [9.17, 15) is 19.8 Å². The molecule has 108 valence electrons. The monoisotopic (exact) mass is 277 g/mol. The summed E-state index contributed by atoms with van der Waals surface area (Å²) in [5, 5.41) is 18.5. The number of carbonyl (C=O) groups excluding carboxylic acids is 1. The van der Waals surface area contributed by atoms with E-state index in [0.717, 1.165) is 24.8 Å². The molecule has 2 N–H and O–H groups in total. The number of hydrogen-bond donors (Lipinski definition) is 2. The maximum atomic E-state index is 12.3. The quantitative estimate of drug-likeness (QED) is 0.883. The maximum absolute atomic E-state index is 12.3. The predicted octanol–water partition coefficient (Wildman–Crippen LogP) is 1.79. The molecule has 1 aromatic rings. The van der Waals surface area contributed by atoms with E-state index in [2.05, 4.69) is 0 Å². The highest BCUT2D eigenvalue weighted by molar-refractivity contribution is 5.85. The lowest BCUT2D eigenvalue weighted by Crippen LogP contribution is -2.45. The van der Waals surface area contributed by atoms with Crippen molar-refractivity contribution in [3.8, 4) is 5.75 Å². The van der Waals surface area contributed by atoms with Crippen LogP contribution in [-0.2, 0) is 16.0 Å². The van der Waals surface area contributed by atoms with Gasteiger partial charge < -0.3 is 15.1 Å². The number of likely N-dealkylation sites (tertiary alicyclic amines) is 1. The van der Waals surface area contributed by atoms with Gasteiger partial charge in [-0.1, -0.05) is 25.0 Å². The van der Waals surface area contributed by atoms with Crippen molar-refractivity contribution in [1.29, 1.82) is 0 Å². The number of rotatable bonds is 3. The molecular weight excluding hydrogens is 258 g/mol. The second-order valence-corrected chi connectivity index (χ2v) is 5.13. The van der Waals surface area contributed by atoms with Crippen LogP contribution in [-0.4, -0.2) is 39.6 Å². The van der Waals surface area contributed by atoms with E-state index in [1.54, 1.807) is 12.1 Å². The number of benzene rings is 1. The lowest BCUT2D eigenvalue weighted by atomic mass is 10.1. The normalized spacial score (nSPS) is 19.4. The van der Waals surface area contributed by atoms with Gasteiger partial charge in [0, 0.05) is 6.54 Å². The van der Waals surface area contributed by atoms with E-state index >= 15 is 0 Å². The fourth-order valence-corrected chi connectivity index (χ4v) is 2.55. The van der Waals surface area contributed by atoms with Gasteiger partial charge >= 0.3 is 5.97 Å². The molecule has 1 aromatic carbocycles. The highest BCUT2D eigenvalue weighted by atomic mass is 16.4. The number of carboxylic acid groups (broad SMARTS) is 1. The number of aromatic hydroxyl groups is 1. The third-order valence-corrected chi connectivity index (χ3v) is 3.65. The average molecular weight is 277 g/mol. The van der Waals surface area contributed by atoms with E-state index in [1.165, 1.54) is 17.0 Å². The Hall–Kier alpha value is -2.04. The van der Waals surface area contributed by atoms with Gasteiger partial charge in [-0.2, -0.15) is 0 Å². The predicted molar refractivity (Wildman–Crippen MR) is 73.4 cm³/mol. The first-order chi connectivity index (χ1) is 9.58. The van der Waals surface area contributed by atoms with E-state index < -0.39 is 12.0 Å². The number of carbonyl (C=O) groups is 2. The second kappa shape index (κ2) is 6.41. The van der Waals surface area contributed by atoms with Crippen LogP contribution >= 0.6 is 0 Å². The molecule has 1 saturated heterocycles. The first-order valence-corrected chi connectivity index (χ1v) is 6.88. The van der Waals surface area contributed by atoms with Gasteiger partial charge in [-0.05, 0) is 30.5 Å². The molecule has 0 aliphatic carbocycles. The molecule has 0 radical (unpaired) electrons. The molecule has 1 aliphatic heterocycles. The van der Waals surface area contributed by atoms with E-state index in [-0.39, 0.29) is 18.1 Å². The van der Waals surface area contributed by atoms with Crippen LogP contribution < -0.4 is 0 Å². The lowest BCUT2D eigenvalue weighted by molar-refractivity contribution is -0.150. The maximum Gasteiger partial charge on any atom is 0.326 e. The van der Waals surface area contributed by atoms with Gasteiger partial charge in [-0.15, -0.1) is 0 Å². The Morgan fingerprint density at radius 1 is 1.15 bits per heavy atom. The Kier molecular flexibility index (Phi) is 4.61. The first-order valence-electron chi connectivity index (χ1n) is 6.88. The minimum Gasteiger partial charge on any atom is -0.508 e. The zero-order valence-electron chi connectivity index (χ0n) is 11.3. The number of aliphatic carboxylic acids is 1. The molecule has 20 heavy (non-hydrogen) atoms. The molecule has 0 saturated carbocycles. The summed E-state index contributed by atoms with van der Waals surface area (Å²) in [6, 6.07) is 5.71. The van der Waals surface area contributed by atoms with Crippen LogP contribution in [0.25, 0.3) is 0 Å². The fourth-order valence-electron chi connectivity index (χ4n) is 2.55. The topological polar surface area (TPSA) is 77.8 Å². The lowest BCUT2D eigenvalue weighted by Gasteiger charge is -2.27. The van der Waals surface area contributed by atoms with Crippen molar-refractivity contribution >= 4 is 11.9 Å². The number of hydrogen-bond acceptors (Lipinski definition) is 3. The van der Waals surface area contributed by atoms with E-state index in [4.69, 9.17) is 0 Å². The van der Waals surface area contributed by atoms with E-state index in [1.807, 2.05) is 0 Å². The molecule has 1 amide bonds. The molecule has 5 heteroatoms. The van der Waals surface area contributed by atoms with Crippen molar-refractivity contribution in [3.05, 3.63) is 29.8 Å². The number of phenolic OH excluding ortho intramolecular Hbond substituents is 1. The minimum absolute atomic E-state index is 0.152. The molecule has 1 atom stereocenters. The SMILES string of the molecule is O=C(O)C1CCCCCN1C(=O)Cc1ccc(O)cc1. The van der Waals surface area contributed by atoms with Crippen molar-refractivity contribution in [2.24, 2.45) is 0 Å². The summed E-state index contributed by atoms with van der Waals surface area (Å²) in [5.41, 5.74) is 0.779. The zero-order valence-corrected chi connectivity index (χ0v) is 11.3. The molecule has 1 unspecified atom stereocenters. The van der Waals surface area contributed by atoms with Gasteiger partial charge in [0.1, 0.15) is 11.8 Å². The highest BCUT2D eigenvalue weighted by Gasteiger charge is 2.30. The minimum atomic E-state index is -0.925. The second-order valence-electron chi connectivity index (χ2n) is 5.13. The fraction of sp³-hybridized carbons (Fsp3) is 0.467. The number of amides is 1. The van der Waals surface area contributed by atoms with Gasteiger partial charge in [0.15, 0.2) is 0 Å². The largest absolute Gasteiger partial charge is 0.508 e. The van der Waals surface area contributed by atoms with Crippen LogP contribution in [0.4, 0.5) is 0 Å². The van der Waals surface area contributed by atoms with Gasteiger partial charge in [0.25, 0.3) is 0 Å². The van der Waals surface area contributed by atoms with Crippen molar-refractivity contribution < 1.29 is 19.8 Å². The Morgan fingerprint density at radius 3 is 2.50 bits per heavy atom. The van der Waals surface area contributed by atoms with Gasteiger partial charge in [0.2, 0.25) is 5.91 Å². The van der Waals surface area contributed by atoms with Crippen LogP contribution in [0.1, 0.15) is 31.2 Å². The molecular formula is C15H19NO4. The molecule has 0 bridgehead atoms. The summed E-state index contributed by atoms with van der Waals surface area (Å²) in [5.74, 6) is -0.935. The summed E-state index contributed by atoms with van der Waals surface area (Å²) >= 11 is 0. The average Bonchev–Trinajstić information content (AvgIpc) is 2.67. The van der Waals surface area contributed by atoms with Gasteiger partial charge in [-0.3, -0.25) is 4.79 Å². The zero-order chi connectivity index (χ0) is 14.5. The molecule has 2 rings (SSSR count). The molecule has 1 heterocycles. The van der Waals surface area contributed by atoms with Crippen LogP contribution in [0, 0.1) is 0 Å². The summed E-state index contributed by atoms with van der Waals surface area (Å²) in [4.78, 5) is 25.1. The number of nitrogens with zero attached hydrogens (tertiary/aromatic N) is 1. The molecule has 0 aromatic heterocycles. The summed E-state index contributed by atoms with van der Waals surface area (Å²) in [6.07, 6.45) is 3.36. The smallest absolute Gasteiger partial charge is 0.326 e. The van der Waals surface area contributed by atoms with Crippen molar-refractivity contribution in [2.45, 2.75) is 38.1 Å². The molecule has 0 spiro atoms. The summed E-state index contributed by atoms with van der Waals surface area (Å²) in [6.45, 7) is 0.508. The summed E-state index contributed by atoms with van der Waals surface area (Å²) < 4.78 is 0. The van der Waals surface area contributed by atoms with Crippen LogP contribution in [0.15, 0.2) is 24.3 Å². The van der Waals surface area contributed by atoms with Gasteiger partial charge in [0.05, 0.1) is 6.42 Å². The van der Waals surface area contributed by atoms with Crippen LogP contribution in [0.5, 0.6) is 5.75 Å². The first kappa shape index (κ1) is 14.4. The Balaban J connectivity index is 2.08. The van der Waals surface area contributed by atoms with Crippen molar-refractivity contribution in [3.63, 3.8) is 0 Å². The Morgan fingerprint density at radius 2 is 1.85 bits per heavy atom. The molecule has 1 aliphatic rings. The van der Waals surface area contributed by atoms with Crippen molar-refractivity contribution in [2.75, 3.05) is 6.54 Å². The third-order valence-electron chi connectivity index (χ3n) is 3.65. The van der Waals surface area contributed by atoms with Crippen molar-refractivity contribution in [1.82, 2.24) is 4.90 Å². The molecule has 1 fully saturated rings. The standard InChI is InChI=1S/C15H19NO4/c17-12-7-5-11(6-8-12)10-14(18)16-9-3-1-2-4-13(16)15(19)20/h5-8,13,17H,1-4,9-10H2,(H,19,20). The number of phenols is 1. The third kappa shape index (κ3) is 3.50. The molecule has 5 nitrogen and oxygen atoms in total.